The second-order valence-electron chi connectivity index (χ2n) is 5.92. The van der Waals surface area contributed by atoms with Crippen molar-refractivity contribution < 1.29 is 13.9 Å². The van der Waals surface area contributed by atoms with Gasteiger partial charge in [-0.05, 0) is 18.6 Å². The summed E-state index contributed by atoms with van der Waals surface area (Å²) in [5.41, 5.74) is 1.41. The van der Waals surface area contributed by atoms with E-state index in [0.29, 0.717) is 12.2 Å². The van der Waals surface area contributed by atoms with Crippen LogP contribution in [0.25, 0.3) is 0 Å². The first kappa shape index (κ1) is 16.6. The molecule has 0 bridgehead atoms. The molecule has 1 aromatic carbocycles. The molecule has 1 aliphatic rings. The Morgan fingerprint density at radius 1 is 1.46 bits per heavy atom. The number of likely N-dealkylation sites (N-methyl/N-ethyl adjacent to an activating group) is 1. The Morgan fingerprint density at radius 3 is 3.04 bits per heavy atom. The minimum Gasteiger partial charge on any atom is -0.370 e. The van der Waals surface area contributed by atoms with Crippen molar-refractivity contribution in [1.29, 1.82) is 0 Å². The number of hydrogen-bond donors (Lipinski definition) is 2. The molecule has 6 nitrogen and oxygen atoms in total. The standard InChI is InChI=1S/C17H21FN4O2/c1-22(11-12-4-2-3-5-13(12)18)16(23)10-19-14-7-9-24-17(14)15-6-8-20-21-15/h2-6,8,14,17,19H,7,9-11H2,1H3,(H,20,21)/t14-,17-/m1/s1. The Hall–Kier alpha value is -2.25. The van der Waals surface area contributed by atoms with E-state index in [-0.39, 0.29) is 37.0 Å². The normalized spacial score (nSPS) is 20.2. The number of nitrogens with zero attached hydrogens (tertiary/aromatic N) is 2. The van der Waals surface area contributed by atoms with Gasteiger partial charge in [-0.25, -0.2) is 4.39 Å². The molecule has 1 aromatic heterocycles. The summed E-state index contributed by atoms with van der Waals surface area (Å²) in [6.07, 6.45) is 2.38. The number of amides is 1. The van der Waals surface area contributed by atoms with Crippen LogP contribution in [0.4, 0.5) is 4.39 Å². The molecule has 2 N–H and O–H groups in total. The molecule has 1 aliphatic heterocycles. The lowest BCUT2D eigenvalue weighted by atomic mass is 10.1. The molecule has 24 heavy (non-hydrogen) atoms. The molecule has 2 atom stereocenters. The molecule has 1 fully saturated rings. The predicted octanol–water partition coefficient (Wildman–Crippen LogP) is 1.63. The molecule has 0 unspecified atom stereocenters. The molecule has 128 valence electrons. The first-order valence-electron chi connectivity index (χ1n) is 7.97. The molecule has 1 amide bonds. The van der Waals surface area contributed by atoms with Crippen molar-refractivity contribution in [3.05, 3.63) is 53.6 Å². The molecule has 0 aliphatic carbocycles. The zero-order valence-corrected chi connectivity index (χ0v) is 13.5. The predicted molar refractivity (Wildman–Crippen MR) is 86.6 cm³/mol. The lowest BCUT2D eigenvalue weighted by Crippen LogP contribution is -2.41. The lowest BCUT2D eigenvalue weighted by molar-refractivity contribution is -0.129. The number of carbonyl (C=O) groups is 1. The van der Waals surface area contributed by atoms with Gasteiger partial charge < -0.3 is 15.0 Å². The second kappa shape index (κ2) is 7.55. The lowest BCUT2D eigenvalue weighted by Gasteiger charge is -2.22. The monoisotopic (exact) mass is 332 g/mol. The van der Waals surface area contributed by atoms with Gasteiger partial charge in [0.05, 0.1) is 12.2 Å². The van der Waals surface area contributed by atoms with Gasteiger partial charge in [0.15, 0.2) is 0 Å². The summed E-state index contributed by atoms with van der Waals surface area (Å²) in [6, 6.07) is 8.41. The average Bonchev–Trinajstić information content (AvgIpc) is 3.25. The van der Waals surface area contributed by atoms with Crippen molar-refractivity contribution in [2.24, 2.45) is 0 Å². The number of halogens is 1. The summed E-state index contributed by atoms with van der Waals surface area (Å²) in [7, 11) is 1.67. The summed E-state index contributed by atoms with van der Waals surface area (Å²) in [5.74, 6) is -0.387. The summed E-state index contributed by atoms with van der Waals surface area (Å²) in [5, 5.41) is 10.1. The maximum atomic E-state index is 13.7. The first-order chi connectivity index (χ1) is 11.6. The highest BCUT2D eigenvalue weighted by Crippen LogP contribution is 2.27. The van der Waals surface area contributed by atoms with Crippen LogP contribution in [0.3, 0.4) is 0 Å². The van der Waals surface area contributed by atoms with Gasteiger partial charge in [-0.3, -0.25) is 9.89 Å². The summed E-state index contributed by atoms with van der Waals surface area (Å²) >= 11 is 0. The highest BCUT2D eigenvalue weighted by atomic mass is 19.1. The first-order valence-corrected chi connectivity index (χ1v) is 7.97. The zero-order valence-electron chi connectivity index (χ0n) is 13.5. The maximum absolute atomic E-state index is 13.7. The second-order valence-corrected chi connectivity index (χ2v) is 5.92. The van der Waals surface area contributed by atoms with E-state index < -0.39 is 0 Å². The Morgan fingerprint density at radius 2 is 2.29 bits per heavy atom. The molecule has 0 saturated carbocycles. The van der Waals surface area contributed by atoms with Crippen LogP contribution in [0.1, 0.15) is 23.8 Å². The highest BCUT2D eigenvalue weighted by molar-refractivity contribution is 5.78. The number of nitrogens with one attached hydrogen (secondary N) is 2. The van der Waals surface area contributed by atoms with Crippen molar-refractivity contribution in [2.75, 3.05) is 20.2 Å². The summed E-state index contributed by atoms with van der Waals surface area (Å²) < 4.78 is 19.4. The number of ether oxygens (including phenoxy) is 1. The van der Waals surface area contributed by atoms with Crippen LogP contribution in [0, 0.1) is 5.82 Å². The van der Waals surface area contributed by atoms with E-state index in [9.17, 15) is 9.18 Å². The van der Waals surface area contributed by atoms with Crippen LogP contribution in [0.2, 0.25) is 0 Å². The van der Waals surface area contributed by atoms with E-state index in [1.165, 1.54) is 11.0 Å². The van der Waals surface area contributed by atoms with Gasteiger partial charge in [0.2, 0.25) is 5.91 Å². The number of aromatic nitrogens is 2. The van der Waals surface area contributed by atoms with Crippen LogP contribution in [-0.4, -0.2) is 47.2 Å². The van der Waals surface area contributed by atoms with Gasteiger partial charge in [0.25, 0.3) is 0 Å². The molecule has 1 saturated heterocycles. The van der Waals surface area contributed by atoms with Gasteiger partial charge in [-0.2, -0.15) is 5.10 Å². The molecule has 2 aromatic rings. The number of H-pyrrole nitrogens is 1. The fourth-order valence-electron chi connectivity index (χ4n) is 2.85. The molecule has 0 spiro atoms. The van der Waals surface area contributed by atoms with E-state index in [4.69, 9.17) is 4.74 Å². The highest BCUT2D eigenvalue weighted by Gasteiger charge is 2.30. The van der Waals surface area contributed by atoms with Crippen LogP contribution in [0.15, 0.2) is 36.5 Å². The van der Waals surface area contributed by atoms with Crippen LogP contribution in [0.5, 0.6) is 0 Å². The zero-order chi connectivity index (χ0) is 16.9. The van der Waals surface area contributed by atoms with E-state index in [1.54, 1.807) is 31.4 Å². The number of benzene rings is 1. The van der Waals surface area contributed by atoms with E-state index in [1.807, 2.05) is 6.07 Å². The van der Waals surface area contributed by atoms with E-state index >= 15 is 0 Å². The smallest absolute Gasteiger partial charge is 0.236 e. The minimum atomic E-state index is -0.298. The molecule has 3 rings (SSSR count). The fourth-order valence-corrected chi connectivity index (χ4v) is 2.85. The molecular formula is C17H21FN4O2. The van der Waals surface area contributed by atoms with Crippen LogP contribution < -0.4 is 5.32 Å². The third-order valence-corrected chi connectivity index (χ3v) is 4.23. The van der Waals surface area contributed by atoms with Gasteiger partial charge in [-0.15, -0.1) is 0 Å². The number of carbonyl (C=O) groups excluding carboxylic acids is 1. The Kier molecular flexibility index (Phi) is 5.22. The SMILES string of the molecule is CN(Cc1ccccc1F)C(=O)CN[C@@H]1CCO[C@H]1c1ccn[nH]1. The average molecular weight is 332 g/mol. The van der Waals surface area contributed by atoms with Crippen LogP contribution in [-0.2, 0) is 16.1 Å². The number of rotatable bonds is 6. The molecule has 7 heteroatoms. The molecule has 2 heterocycles. The minimum absolute atomic E-state index is 0.0521. The molecule has 0 radical (unpaired) electrons. The Bertz CT molecular complexity index is 677. The van der Waals surface area contributed by atoms with Gasteiger partial charge in [0, 0.05) is 38.0 Å². The van der Waals surface area contributed by atoms with Crippen molar-refractivity contribution in [2.45, 2.75) is 25.1 Å². The number of aromatic amines is 1. The quantitative estimate of drug-likeness (QED) is 0.843. The fraction of sp³-hybridized carbons (Fsp3) is 0.412. The summed E-state index contributed by atoms with van der Waals surface area (Å²) in [6.45, 7) is 1.07. The topological polar surface area (TPSA) is 70.2 Å². The maximum Gasteiger partial charge on any atom is 0.236 e. The van der Waals surface area contributed by atoms with Crippen molar-refractivity contribution in [1.82, 2.24) is 20.4 Å². The Labute approximate surface area is 140 Å². The van der Waals surface area contributed by atoms with Crippen molar-refractivity contribution >= 4 is 5.91 Å². The number of hydrogen-bond acceptors (Lipinski definition) is 4. The van der Waals surface area contributed by atoms with Gasteiger partial charge in [-0.1, -0.05) is 18.2 Å². The summed E-state index contributed by atoms with van der Waals surface area (Å²) in [4.78, 5) is 13.8. The molecular weight excluding hydrogens is 311 g/mol. The van der Waals surface area contributed by atoms with Gasteiger partial charge in [0.1, 0.15) is 11.9 Å². The third-order valence-electron chi connectivity index (χ3n) is 4.23. The largest absolute Gasteiger partial charge is 0.370 e. The van der Waals surface area contributed by atoms with Gasteiger partial charge >= 0.3 is 0 Å². The van der Waals surface area contributed by atoms with E-state index in [0.717, 1.165) is 12.1 Å². The van der Waals surface area contributed by atoms with E-state index in [2.05, 4.69) is 15.5 Å². The van der Waals surface area contributed by atoms with Crippen molar-refractivity contribution in [3.8, 4) is 0 Å². The van der Waals surface area contributed by atoms with Crippen LogP contribution >= 0.6 is 0 Å². The third kappa shape index (κ3) is 3.80. The Balaban J connectivity index is 1.52. The van der Waals surface area contributed by atoms with Crippen molar-refractivity contribution in [3.63, 3.8) is 0 Å².